The van der Waals surface area contributed by atoms with E-state index < -0.39 is 5.60 Å². The number of unbranched alkanes of at least 4 members (excludes halogenated alkanes) is 2. The van der Waals surface area contributed by atoms with Crippen LogP contribution in [-0.2, 0) is 22.5 Å². The topological polar surface area (TPSA) is 83.0 Å². The van der Waals surface area contributed by atoms with E-state index in [0.717, 1.165) is 60.0 Å². The Morgan fingerprint density at radius 1 is 1.14 bits per heavy atom. The predicted octanol–water partition coefficient (Wildman–Crippen LogP) is 4.63. The average molecular weight is 383 g/mol. The van der Waals surface area contributed by atoms with Gasteiger partial charge < -0.3 is 15.0 Å². The Kier molecular flexibility index (Phi) is 5.87. The quantitative estimate of drug-likeness (QED) is 0.476. The molecule has 0 fully saturated rings. The van der Waals surface area contributed by atoms with E-state index in [2.05, 4.69) is 22.5 Å². The van der Waals surface area contributed by atoms with E-state index in [4.69, 9.17) is 15.5 Å². The predicted molar refractivity (Wildman–Crippen MR) is 113 cm³/mol. The fourth-order valence-electron chi connectivity index (χ4n) is 3.52. The van der Waals surface area contributed by atoms with Gasteiger partial charge in [0.25, 0.3) is 0 Å². The van der Waals surface area contributed by atoms with Gasteiger partial charge in [-0.1, -0.05) is 31.5 Å². The summed E-state index contributed by atoms with van der Waals surface area (Å²) in [4.78, 5) is 21.1. The van der Waals surface area contributed by atoms with E-state index in [1.807, 2.05) is 39.0 Å². The summed E-state index contributed by atoms with van der Waals surface area (Å²) in [6.45, 7) is 8.64. The molecule has 0 aliphatic carbocycles. The molecular formula is C22H30N4O2. The second-order valence-corrected chi connectivity index (χ2v) is 8.14. The second kappa shape index (κ2) is 8.17. The van der Waals surface area contributed by atoms with Gasteiger partial charge in [-0.25, -0.2) is 9.97 Å². The zero-order valence-electron chi connectivity index (χ0n) is 17.3. The molecule has 6 nitrogen and oxygen atoms in total. The maximum Gasteiger partial charge on any atom is 0.306 e. The van der Waals surface area contributed by atoms with E-state index >= 15 is 0 Å². The molecule has 0 amide bonds. The zero-order valence-corrected chi connectivity index (χ0v) is 17.3. The van der Waals surface area contributed by atoms with E-state index in [1.54, 1.807) is 0 Å². The number of ether oxygens (including phenoxy) is 1. The van der Waals surface area contributed by atoms with Gasteiger partial charge in [0, 0.05) is 24.8 Å². The number of hydrogen-bond acceptors (Lipinski definition) is 5. The molecule has 0 saturated carbocycles. The van der Waals surface area contributed by atoms with Crippen LogP contribution in [0.1, 0.15) is 59.2 Å². The number of nitrogens with zero attached hydrogens (tertiary/aromatic N) is 3. The Morgan fingerprint density at radius 2 is 1.89 bits per heavy atom. The lowest BCUT2D eigenvalue weighted by Gasteiger charge is -2.19. The first-order valence-electron chi connectivity index (χ1n) is 10.1. The number of anilines is 1. The Balaban J connectivity index is 1.73. The first kappa shape index (κ1) is 20.1. The number of pyridine rings is 1. The largest absolute Gasteiger partial charge is 0.460 e. The standard InChI is InChI=1S/C22H30N4O2/c1-5-17-25-19-20(15-11-8-9-12-16(15)24-21(19)23)26(17)14-10-6-7-13-18(27)28-22(2,3)4/h8-9,11-12H,5-7,10,13-14H2,1-4H3,(H2,23,24). The number of rotatable bonds is 7. The fourth-order valence-corrected chi connectivity index (χ4v) is 3.52. The highest BCUT2D eigenvalue weighted by Gasteiger charge is 2.17. The fraction of sp³-hybridized carbons (Fsp3) is 0.500. The third-order valence-electron chi connectivity index (χ3n) is 4.69. The lowest BCUT2D eigenvalue weighted by atomic mass is 10.1. The van der Waals surface area contributed by atoms with Crippen molar-refractivity contribution < 1.29 is 9.53 Å². The molecule has 0 spiro atoms. The minimum absolute atomic E-state index is 0.125. The number of para-hydroxylation sites is 1. The Labute approximate surface area is 166 Å². The van der Waals surface area contributed by atoms with E-state index in [0.29, 0.717) is 12.2 Å². The van der Waals surface area contributed by atoms with E-state index in [9.17, 15) is 4.79 Å². The molecule has 2 heterocycles. The zero-order chi connectivity index (χ0) is 20.3. The normalized spacial score (nSPS) is 12.0. The first-order valence-corrected chi connectivity index (χ1v) is 10.1. The van der Waals surface area contributed by atoms with Gasteiger partial charge in [-0.05, 0) is 39.7 Å². The number of fused-ring (bicyclic) bond motifs is 3. The van der Waals surface area contributed by atoms with Crippen LogP contribution >= 0.6 is 0 Å². The minimum atomic E-state index is -0.419. The van der Waals surface area contributed by atoms with Gasteiger partial charge in [0.05, 0.1) is 11.0 Å². The van der Waals surface area contributed by atoms with E-state index in [1.165, 1.54) is 0 Å². The SMILES string of the molecule is CCc1nc2c(N)nc3ccccc3c2n1CCCCCC(=O)OC(C)(C)C. The van der Waals surface area contributed by atoms with Crippen LogP contribution in [0.3, 0.4) is 0 Å². The van der Waals surface area contributed by atoms with Crippen LogP contribution in [0, 0.1) is 0 Å². The first-order chi connectivity index (χ1) is 13.3. The van der Waals surface area contributed by atoms with Crippen molar-refractivity contribution in [3.8, 4) is 0 Å². The molecule has 2 aromatic heterocycles. The summed E-state index contributed by atoms with van der Waals surface area (Å²) in [5.74, 6) is 1.37. The van der Waals surface area contributed by atoms with Crippen molar-refractivity contribution in [3.63, 3.8) is 0 Å². The van der Waals surface area contributed by atoms with Crippen LogP contribution in [0.5, 0.6) is 0 Å². The van der Waals surface area contributed by atoms with Crippen molar-refractivity contribution in [1.82, 2.24) is 14.5 Å². The molecule has 0 radical (unpaired) electrons. The molecule has 28 heavy (non-hydrogen) atoms. The molecule has 6 heteroatoms. The number of nitrogen functional groups attached to an aromatic ring is 1. The van der Waals surface area contributed by atoms with Gasteiger partial charge in [-0.15, -0.1) is 0 Å². The van der Waals surface area contributed by atoms with Gasteiger partial charge >= 0.3 is 5.97 Å². The molecule has 2 N–H and O–H groups in total. The summed E-state index contributed by atoms with van der Waals surface area (Å²) in [6.07, 6.45) is 4.05. The van der Waals surface area contributed by atoms with Crippen molar-refractivity contribution in [1.29, 1.82) is 0 Å². The summed E-state index contributed by atoms with van der Waals surface area (Å²) in [5.41, 5.74) is 8.50. The van der Waals surface area contributed by atoms with Gasteiger partial charge in [0.2, 0.25) is 0 Å². The summed E-state index contributed by atoms with van der Waals surface area (Å²) < 4.78 is 7.64. The minimum Gasteiger partial charge on any atom is -0.460 e. The molecule has 0 aliphatic heterocycles. The molecule has 3 aromatic rings. The van der Waals surface area contributed by atoms with Crippen LogP contribution in [0.25, 0.3) is 21.9 Å². The number of hydrogen-bond donors (Lipinski definition) is 1. The molecule has 3 rings (SSSR count). The number of benzene rings is 1. The summed E-state index contributed by atoms with van der Waals surface area (Å²) >= 11 is 0. The Bertz CT molecular complexity index is 986. The molecule has 0 aliphatic rings. The third-order valence-corrected chi connectivity index (χ3v) is 4.69. The highest BCUT2D eigenvalue weighted by molar-refractivity contribution is 6.06. The van der Waals surface area contributed by atoms with Crippen LogP contribution < -0.4 is 5.73 Å². The van der Waals surface area contributed by atoms with Crippen LogP contribution in [0.15, 0.2) is 24.3 Å². The summed E-state index contributed by atoms with van der Waals surface area (Å²) in [5, 5.41) is 1.08. The van der Waals surface area contributed by atoms with Crippen molar-refractivity contribution in [3.05, 3.63) is 30.1 Å². The number of aromatic nitrogens is 3. The van der Waals surface area contributed by atoms with Crippen molar-refractivity contribution >= 4 is 33.7 Å². The summed E-state index contributed by atoms with van der Waals surface area (Å²) in [6, 6.07) is 8.04. The van der Waals surface area contributed by atoms with Gasteiger partial charge in [0.15, 0.2) is 5.82 Å². The highest BCUT2D eigenvalue weighted by Crippen LogP contribution is 2.29. The van der Waals surface area contributed by atoms with Crippen molar-refractivity contribution in [2.45, 2.75) is 71.9 Å². The molecule has 1 aromatic carbocycles. The molecule has 0 unspecified atom stereocenters. The van der Waals surface area contributed by atoms with Crippen molar-refractivity contribution in [2.75, 3.05) is 5.73 Å². The number of carbonyl (C=O) groups excluding carboxylic acids is 1. The lowest BCUT2D eigenvalue weighted by molar-refractivity contribution is -0.154. The van der Waals surface area contributed by atoms with Gasteiger partial charge in [0.1, 0.15) is 16.9 Å². The monoisotopic (exact) mass is 382 g/mol. The molecule has 0 saturated heterocycles. The van der Waals surface area contributed by atoms with Gasteiger partial charge in [-0.3, -0.25) is 4.79 Å². The number of carbonyl (C=O) groups is 1. The smallest absolute Gasteiger partial charge is 0.306 e. The van der Waals surface area contributed by atoms with Crippen LogP contribution in [0.4, 0.5) is 5.82 Å². The number of aryl methyl sites for hydroxylation is 2. The van der Waals surface area contributed by atoms with Crippen molar-refractivity contribution in [2.24, 2.45) is 0 Å². The number of nitrogens with two attached hydrogens (primary N) is 1. The number of imidazole rings is 1. The molecular weight excluding hydrogens is 352 g/mol. The lowest BCUT2D eigenvalue weighted by Crippen LogP contribution is -2.23. The second-order valence-electron chi connectivity index (χ2n) is 8.14. The number of esters is 1. The maximum absolute atomic E-state index is 11.9. The van der Waals surface area contributed by atoms with Crippen LogP contribution in [0.2, 0.25) is 0 Å². The average Bonchev–Trinajstić information content (AvgIpc) is 2.99. The summed E-state index contributed by atoms with van der Waals surface area (Å²) in [7, 11) is 0. The van der Waals surface area contributed by atoms with Crippen LogP contribution in [-0.4, -0.2) is 26.1 Å². The molecule has 0 atom stereocenters. The molecule has 150 valence electrons. The third kappa shape index (κ3) is 4.43. The highest BCUT2D eigenvalue weighted by atomic mass is 16.6. The van der Waals surface area contributed by atoms with E-state index in [-0.39, 0.29) is 5.97 Å². The Morgan fingerprint density at radius 3 is 2.61 bits per heavy atom. The Hall–Kier alpha value is -2.63. The molecule has 0 bridgehead atoms. The van der Waals surface area contributed by atoms with Gasteiger partial charge in [-0.2, -0.15) is 0 Å². The maximum atomic E-state index is 11.9.